The van der Waals surface area contributed by atoms with E-state index in [-0.39, 0.29) is 31.0 Å². The molecule has 2 heterocycles. The van der Waals surface area contributed by atoms with Crippen LogP contribution in [0.1, 0.15) is 81.1 Å². The topological polar surface area (TPSA) is 160 Å². The molecule has 0 aromatic heterocycles. The van der Waals surface area contributed by atoms with Crippen LogP contribution >= 0.6 is 11.9 Å². The van der Waals surface area contributed by atoms with Crippen LogP contribution in [0.25, 0.3) is 6.08 Å². The molecule has 2 aliphatic heterocycles. The summed E-state index contributed by atoms with van der Waals surface area (Å²) in [5.74, 6) is -1.73. The number of primary amides is 1. The van der Waals surface area contributed by atoms with Crippen LogP contribution in [0.2, 0.25) is 0 Å². The van der Waals surface area contributed by atoms with Crippen molar-refractivity contribution in [2.75, 3.05) is 11.4 Å². The predicted octanol–water partition coefficient (Wildman–Crippen LogP) is 4.09. The summed E-state index contributed by atoms with van der Waals surface area (Å²) in [7, 11) is -1.24. The third-order valence-corrected chi connectivity index (χ3v) is 9.79. The largest absolute Gasteiger partial charge is 0.484 e. The number of nitrogens with two attached hydrogens (primary N) is 1. The second-order valence-corrected chi connectivity index (χ2v) is 15.6. The smallest absolute Gasteiger partial charge is 0.250 e. The van der Waals surface area contributed by atoms with Gasteiger partial charge in [0, 0.05) is 42.4 Å². The Morgan fingerprint density at radius 2 is 1.85 bits per heavy atom. The monoisotopic (exact) mass is 756 g/mol. The number of amides is 5. The van der Waals surface area contributed by atoms with E-state index in [0.717, 1.165) is 23.0 Å². The van der Waals surface area contributed by atoms with Crippen molar-refractivity contribution in [1.29, 1.82) is 2.67 Å². The summed E-state index contributed by atoms with van der Waals surface area (Å²) in [6.07, 6.45) is 2.52. The number of hydrogen-bond acceptors (Lipinski definition) is 8. The Hall–Kier alpha value is -5.08. The van der Waals surface area contributed by atoms with Crippen molar-refractivity contribution in [3.05, 3.63) is 101 Å². The first kappa shape index (κ1) is 37.2. The van der Waals surface area contributed by atoms with E-state index in [4.69, 9.17) is 17.3 Å². The highest BCUT2D eigenvalue weighted by molar-refractivity contribution is 8.15. The maximum atomic E-state index is 14.7. The molecule has 3 aromatic rings. The van der Waals surface area contributed by atoms with Crippen LogP contribution in [0.15, 0.2) is 78.9 Å². The number of ether oxygens (including phenoxy) is 1. The minimum Gasteiger partial charge on any atom is -0.484 e. The van der Waals surface area contributed by atoms with Gasteiger partial charge in [-0.15, -0.1) is 0 Å². The Kier molecular flexibility index (Phi) is 11.4. The fourth-order valence-corrected chi connectivity index (χ4v) is 7.28. The maximum absolute atomic E-state index is 14.7. The van der Waals surface area contributed by atoms with Gasteiger partial charge in [-0.2, -0.15) is 0 Å². The molecule has 4 N–H and O–H groups in total. The number of nitrogens with zero attached hydrogens (tertiary/aromatic N) is 2. The lowest BCUT2D eigenvalue weighted by Crippen LogP contribution is -2.58. The van der Waals surface area contributed by atoms with Crippen molar-refractivity contribution >= 4 is 60.2 Å². The summed E-state index contributed by atoms with van der Waals surface area (Å²) in [5, 5.41) is 5.74. The Balaban J connectivity index is 1.40. The van der Waals surface area contributed by atoms with E-state index < -0.39 is 65.9 Å². The molecular formula is C40H48BN5O7S. The molecule has 3 aromatic carbocycles. The SMILES string of the molecule is [2H]B([3H])SOC1c2cc(/C=C/C(=O)N[C@H](C(=O)N3C[C@H](NC(C)=O)C[C@H]3C(=O)N(Cc3ccccc3)c3ccc(C(N)=O)cc3)C(C)(C)C)ccc2OC1(C)C. The van der Waals surface area contributed by atoms with E-state index in [0.29, 0.717) is 17.0 Å². The minimum absolute atomic E-state index is 0.0448. The number of anilines is 1. The highest BCUT2D eigenvalue weighted by Gasteiger charge is 2.46. The first-order chi connectivity index (χ1) is 26.3. The van der Waals surface area contributed by atoms with Gasteiger partial charge in [0.2, 0.25) is 36.6 Å². The van der Waals surface area contributed by atoms with Crippen molar-refractivity contribution in [2.24, 2.45) is 11.1 Å². The minimum atomic E-state index is -1.24. The number of carbonyl (C=O) groups is 5. The Morgan fingerprint density at radius 1 is 1.15 bits per heavy atom. The molecule has 1 unspecified atom stereocenters. The first-order valence-electron chi connectivity index (χ1n) is 18.8. The average Bonchev–Trinajstić information content (AvgIpc) is 3.66. The second-order valence-electron chi connectivity index (χ2n) is 15.2. The third-order valence-electron chi connectivity index (χ3n) is 9.49. The highest BCUT2D eigenvalue weighted by Crippen LogP contribution is 2.47. The molecule has 0 radical (unpaired) electrons. The average molecular weight is 757 g/mol. The molecule has 5 rings (SSSR count). The van der Waals surface area contributed by atoms with Crippen LogP contribution in [0, 0.1) is 5.41 Å². The van der Waals surface area contributed by atoms with Gasteiger partial charge in [0.05, 0.1) is 6.54 Å². The van der Waals surface area contributed by atoms with E-state index in [2.05, 4.69) is 10.6 Å². The van der Waals surface area contributed by atoms with Crippen molar-refractivity contribution in [3.63, 3.8) is 0 Å². The zero-order valence-corrected chi connectivity index (χ0v) is 32.1. The van der Waals surface area contributed by atoms with E-state index >= 15 is 0 Å². The molecule has 0 spiro atoms. The molecule has 284 valence electrons. The van der Waals surface area contributed by atoms with Crippen LogP contribution in [0.3, 0.4) is 0 Å². The molecule has 2 aliphatic rings. The lowest BCUT2D eigenvalue weighted by molar-refractivity contribution is -0.142. The molecule has 54 heavy (non-hydrogen) atoms. The van der Waals surface area contributed by atoms with Gasteiger partial charge in [-0.1, -0.05) is 69.1 Å². The van der Waals surface area contributed by atoms with Crippen LogP contribution in [-0.2, 0) is 29.9 Å². The lowest BCUT2D eigenvalue weighted by atomic mass is 9.85. The fraction of sp³-hybridized carbons (Fsp3) is 0.375. The summed E-state index contributed by atoms with van der Waals surface area (Å²) in [4.78, 5) is 69.8. The summed E-state index contributed by atoms with van der Waals surface area (Å²) in [6.45, 7) is 10.7. The lowest BCUT2D eigenvalue weighted by Gasteiger charge is -2.36. The number of benzene rings is 3. The van der Waals surface area contributed by atoms with E-state index in [1.54, 1.807) is 35.2 Å². The zero-order chi connectivity index (χ0) is 40.9. The summed E-state index contributed by atoms with van der Waals surface area (Å²) in [5.41, 5.74) is 6.91. The van der Waals surface area contributed by atoms with Crippen molar-refractivity contribution < 1.29 is 32.9 Å². The van der Waals surface area contributed by atoms with Crippen LogP contribution < -0.4 is 26.0 Å². The van der Waals surface area contributed by atoms with Gasteiger partial charge in [0.15, 0.2) is 0 Å². The quantitative estimate of drug-likeness (QED) is 0.134. The van der Waals surface area contributed by atoms with Gasteiger partial charge >= 0.3 is 0 Å². The van der Waals surface area contributed by atoms with Crippen molar-refractivity contribution in [1.82, 2.24) is 15.5 Å². The highest BCUT2D eigenvalue weighted by atomic mass is 32.2. The van der Waals surface area contributed by atoms with Gasteiger partial charge in [0.1, 0.15) is 29.5 Å². The summed E-state index contributed by atoms with van der Waals surface area (Å²) >= 11 is 0.723. The second kappa shape index (κ2) is 16.5. The molecule has 4 atom stereocenters. The van der Waals surface area contributed by atoms with Gasteiger partial charge in [-0.3, -0.25) is 24.0 Å². The van der Waals surface area contributed by atoms with Gasteiger partial charge in [-0.25, -0.2) is 0 Å². The first-order valence-corrected chi connectivity index (χ1v) is 18.5. The van der Waals surface area contributed by atoms with E-state index in [1.165, 1.54) is 30.0 Å². The molecule has 5 amide bonds. The Morgan fingerprint density at radius 3 is 2.48 bits per heavy atom. The van der Waals surface area contributed by atoms with Crippen molar-refractivity contribution in [2.45, 2.75) is 84.3 Å². The van der Waals surface area contributed by atoms with Gasteiger partial charge in [0.25, 0.3) is 0 Å². The Bertz CT molecular complexity index is 1980. The number of hydrogen-bond donors (Lipinski definition) is 3. The molecule has 1 fully saturated rings. The fourth-order valence-electron chi connectivity index (χ4n) is 6.83. The van der Waals surface area contributed by atoms with E-state index in [1.807, 2.05) is 71.0 Å². The third kappa shape index (κ3) is 9.34. The standard InChI is InChI=1S/C40H48BN5O7S/c1-24(47)43-28-21-31(37(50)45(22-26-10-8-7-9-11-26)29-16-14-27(15-17-29)36(42)49)46(23-28)38(51)34(39(2,3)4)44-33(48)19-13-25-12-18-32-30(20-25)35(53-54-41)40(5,6)52-32/h7-20,28,31,34-35H,21-23,41H2,1-6H3,(H2,42,49)(H,43,47)(H,44,48)/b19-13+/t28-,31+,34-,35?/m1/s1/i41TD. The molecular weight excluding hydrogens is 705 g/mol. The van der Waals surface area contributed by atoms with Crippen LogP contribution in [0.5, 0.6) is 5.75 Å². The molecule has 0 saturated carbocycles. The molecule has 0 aliphatic carbocycles. The molecule has 12 nitrogen and oxygen atoms in total. The van der Waals surface area contributed by atoms with Crippen molar-refractivity contribution in [3.8, 4) is 5.75 Å². The summed E-state index contributed by atoms with van der Waals surface area (Å²) in [6, 6.07) is 18.5. The zero-order valence-electron chi connectivity index (χ0n) is 33.3. The molecule has 1 saturated heterocycles. The molecule has 0 bridgehead atoms. The normalized spacial score (nSPS) is 19.9. The number of carbonyl (C=O) groups excluding carboxylic acids is 5. The number of nitrogens with one attached hydrogen (secondary N) is 2. The predicted molar refractivity (Wildman–Crippen MR) is 212 cm³/mol. The molecule has 14 heteroatoms. The van der Waals surface area contributed by atoms with Gasteiger partial charge < -0.3 is 35.1 Å². The maximum Gasteiger partial charge on any atom is 0.250 e. The van der Waals surface area contributed by atoms with Gasteiger partial charge in [-0.05, 0) is 82.0 Å². The van der Waals surface area contributed by atoms with Crippen LogP contribution in [-0.4, -0.2) is 74.4 Å². The van der Waals surface area contributed by atoms with Crippen LogP contribution in [0.4, 0.5) is 5.69 Å². The van der Waals surface area contributed by atoms with E-state index in [9.17, 15) is 24.0 Å². The summed E-state index contributed by atoms with van der Waals surface area (Å²) < 4.78 is 26.9. The number of likely N-dealkylation sites (tertiary alicyclic amines) is 1. The number of fused-ring (bicyclic) bond motifs is 1. The Labute approximate surface area is 324 Å². The number of rotatable bonds is 13.